The first-order chi connectivity index (χ1) is 12.7. The third kappa shape index (κ3) is 3.23. The molecule has 1 saturated carbocycles. The summed E-state index contributed by atoms with van der Waals surface area (Å²) in [5.74, 6) is -0.242. The molecule has 0 unspecified atom stereocenters. The Labute approximate surface area is 160 Å². The van der Waals surface area contributed by atoms with E-state index in [9.17, 15) is 4.79 Å². The second-order valence-corrected chi connectivity index (χ2v) is 8.42. The van der Waals surface area contributed by atoms with Crippen molar-refractivity contribution in [2.24, 2.45) is 0 Å². The van der Waals surface area contributed by atoms with E-state index < -0.39 is 0 Å². The number of esters is 1. The minimum atomic E-state index is -0.242. The molecular formula is C18H22N4O2S2. The van der Waals surface area contributed by atoms with Gasteiger partial charge in [0, 0.05) is 25.5 Å². The number of fused-ring (bicyclic) bond motifs is 1. The summed E-state index contributed by atoms with van der Waals surface area (Å²) in [4.78, 5) is 21.1. The van der Waals surface area contributed by atoms with Gasteiger partial charge in [-0.3, -0.25) is 4.68 Å². The number of ether oxygens (including phenoxy) is 1. The van der Waals surface area contributed by atoms with Crippen LogP contribution in [0, 0.1) is 0 Å². The molecule has 26 heavy (non-hydrogen) atoms. The SMILES string of the molecule is CCN(CC)c1nc2sc(C(=O)O[C@@H]3CCC[C@H]3n3cccn3)cc2s1. The van der Waals surface area contributed by atoms with Crippen LogP contribution in [-0.4, -0.2) is 39.9 Å². The van der Waals surface area contributed by atoms with E-state index in [1.807, 2.05) is 23.0 Å². The van der Waals surface area contributed by atoms with Crippen LogP contribution in [0.25, 0.3) is 9.53 Å². The molecule has 0 spiro atoms. The van der Waals surface area contributed by atoms with Crippen molar-refractivity contribution in [3.8, 4) is 0 Å². The van der Waals surface area contributed by atoms with E-state index in [-0.39, 0.29) is 18.1 Å². The molecule has 0 radical (unpaired) electrons. The number of carbonyl (C=O) groups is 1. The summed E-state index contributed by atoms with van der Waals surface area (Å²) in [6, 6.07) is 3.97. The Morgan fingerprint density at radius 1 is 1.35 bits per heavy atom. The number of nitrogens with zero attached hydrogens (tertiary/aromatic N) is 4. The van der Waals surface area contributed by atoms with Gasteiger partial charge in [-0.25, -0.2) is 9.78 Å². The van der Waals surface area contributed by atoms with Gasteiger partial charge in [-0.05, 0) is 45.2 Å². The lowest BCUT2D eigenvalue weighted by molar-refractivity contribution is 0.0215. The lowest BCUT2D eigenvalue weighted by Gasteiger charge is -2.20. The zero-order valence-electron chi connectivity index (χ0n) is 14.9. The number of rotatable bonds is 6. The number of hydrogen-bond acceptors (Lipinski definition) is 7. The van der Waals surface area contributed by atoms with Gasteiger partial charge in [-0.2, -0.15) is 5.10 Å². The van der Waals surface area contributed by atoms with E-state index in [0.29, 0.717) is 4.88 Å². The van der Waals surface area contributed by atoms with Crippen LogP contribution in [0.5, 0.6) is 0 Å². The van der Waals surface area contributed by atoms with Crippen LogP contribution in [0.3, 0.4) is 0 Å². The fourth-order valence-corrected chi connectivity index (χ4v) is 5.69. The van der Waals surface area contributed by atoms with Crippen molar-refractivity contribution < 1.29 is 9.53 Å². The Morgan fingerprint density at radius 3 is 2.88 bits per heavy atom. The number of thiophene rings is 1. The van der Waals surface area contributed by atoms with Crippen LogP contribution in [-0.2, 0) is 4.74 Å². The first-order valence-electron chi connectivity index (χ1n) is 9.05. The topological polar surface area (TPSA) is 60.3 Å². The highest BCUT2D eigenvalue weighted by atomic mass is 32.1. The standard InChI is InChI=1S/C18H22N4O2S2/c1-3-21(4-2)18-20-16-14(26-18)11-15(25-16)17(23)24-13-8-5-7-12(13)22-10-6-9-19-22/h6,9-13H,3-5,7-8H2,1-2H3/t12-,13-/m1/s1. The van der Waals surface area contributed by atoms with Crippen molar-refractivity contribution in [3.63, 3.8) is 0 Å². The lowest BCUT2D eigenvalue weighted by Crippen LogP contribution is -2.25. The molecule has 3 aromatic heterocycles. The minimum absolute atomic E-state index is 0.110. The molecule has 4 rings (SSSR count). The monoisotopic (exact) mass is 390 g/mol. The summed E-state index contributed by atoms with van der Waals surface area (Å²) < 4.78 is 8.80. The highest BCUT2D eigenvalue weighted by Crippen LogP contribution is 2.36. The molecule has 3 heterocycles. The zero-order chi connectivity index (χ0) is 18.1. The van der Waals surface area contributed by atoms with Crippen molar-refractivity contribution >= 4 is 43.3 Å². The smallest absolute Gasteiger partial charge is 0.348 e. The Hall–Kier alpha value is -1.93. The van der Waals surface area contributed by atoms with Crippen LogP contribution in [0.4, 0.5) is 5.13 Å². The quantitative estimate of drug-likeness (QED) is 0.586. The molecule has 3 aromatic rings. The molecule has 1 aliphatic carbocycles. The van der Waals surface area contributed by atoms with E-state index in [1.54, 1.807) is 17.5 Å². The molecule has 6 nitrogen and oxygen atoms in total. The van der Waals surface area contributed by atoms with Gasteiger partial charge in [0.05, 0.1) is 10.7 Å². The average Bonchev–Trinajstić information content (AvgIpc) is 3.39. The molecule has 0 bridgehead atoms. The van der Waals surface area contributed by atoms with Crippen LogP contribution < -0.4 is 4.90 Å². The Balaban J connectivity index is 1.48. The van der Waals surface area contributed by atoms with Gasteiger partial charge in [-0.15, -0.1) is 11.3 Å². The molecule has 138 valence electrons. The Bertz CT molecular complexity index is 851. The van der Waals surface area contributed by atoms with Gasteiger partial charge >= 0.3 is 5.97 Å². The highest BCUT2D eigenvalue weighted by molar-refractivity contribution is 7.29. The maximum atomic E-state index is 12.6. The summed E-state index contributed by atoms with van der Waals surface area (Å²) in [5, 5.41) is 5.33. The van der Waals surface area contributed by atoms with Crippen molar-refractivity contribution in [3.05, 3.63) is 29.4 Å². The molecule has 0 N–H and O–H groups in total. The molecule has 0 amide bonds. The summed E-state index contributed by atoms with van der Waals surface area (Å²) >= 11 is 3.06. The van der Waals surface area contributed by atoms with Gasteiger partial charge < -0.3 is 9.64 Å². The lowest BCUT2D eigenvalue weighted by atomic mass is 10.2. The van der Waals surface area contributed by atoms with Gasteiger partial charge in [0.25, 0.3) is 0 Å². The van der Waals surface area contributed by atoms with Crippen LogP contribution in [0.15, 0.2) is 24.5 Å². The number of aromatic nitrogens is 3. The second-order valence-electron chi connectivity index (χ2n) is 6.38. The predicted molar refractivity (Wildman–Crippen MR) is 105 cm³/mol. The predicted octanol–water partition coefficient (Wildman–Crippen LogP) is 4.35. The molecular weight excluding hydrogens is 368 g/mol. The summed E-state index contributed by atoms with van der Waals surface area (Å²) in [5.41, 5.74) is 0. The molecule has 2 atom stereocenters. The van der Waals surface area contributed by atoms with E-state index in [4.69, 9.17) is 4.74 Å². The second kappa shape index (κ2) is 7.36. The Morgan fingerprint density at radius 2 is 2.19 bits per heavy atom. The minimum Gasteiger partial charge on any atom is -0.456 e. The van der Waals surface area contributed by atoms with Crippen molar-refractivity contribution in [1.29, 1.82) is 0 Å². The summed E-state index contributed by atoms with van der Waals surface area (Å²) in [6.07, 6.45) is 6.53. The number of carbonyl (C=O) groups excluding carboxylic acids is 1. The fraction of sp³-hybridized carbons (Fsp3) is 0.500. The molecule has 1 fully saturated rings. The van der Waals surface area contributed by atoms with E-state index in [1.165, 1.54) is 11.3 Å². The third-order valence-corrected chi connectivity index (χ3v) is 7.06. The van der Waals surface area contributed by atoms with E-state index in [0.717, 1.165) is 47.0 Å². The average molecular weight is 391 g/mol. The van der Waals surface area contributed by atoms with Crippen LogP contribution in [0.2, 0.25) is 0 Å². The normalized spacial score (nSPS) is 19.9. The first-order valence-corrected chi connectivity index (χ1v) is 10.7. The number of anilines is 1. The maximum Gasteiger partial charge on any atom is 0.348 e. The zero-order valence-corrected chi connectivity index (χ0v) is 16.6. The van der Waals surface area contributed by atoms with Crippen molar-refractivity contribution in [1.82, 2.24) is 14.8 Å². The molecule has 0 aliphatic heterocycles. The van der Waals surface area contributed by atoms with E-state index >= 15 is 0 Å². The van der Waals surface area contributed by atoms with Crippen molar-refractivity contribution in [2.75, 3.05) is 18.0 Å². The van der Waals surface area contributed by atoms with Gasteiger partial charge in [-0.1, -0.05) is 11.3 Å². The first kappa shape index (κ1) is 17.5. The largest absolute Gasteiger partial charge is 0.456 e. The summed E-state index contributed by atoms with van der Waals surface area (Å²) in [7, 11) is 0. The molecule has 1 aliphatic rings. The summed E-state index contributed by atoms with van der Waals surface area (Å²) in [6.45, 7) is 6.12. The van der Waals surface area contributed by atoms with Crippen molar-refractivity contribution in [2.45, 2.75) is 45.3 Å². The maximum absolute atomic E-state index is 12.6. The number of hydrogen-bond donors (Lipinski definition) is 0. The van der Waals surface area contributed by atoms with E-state index in [2.05, 4.69) is 28.8 Å². The van der Waals surface area contributed by atoms with Crippen LogP contribution in [0.1, 0.15) is 48.8 Å². The fourth-order valence-electron chi connectivity index (χ4n) is 3.47. The Kier molecular flexibility index (Phi) is 4.95. The van der Waals surface area contributed by atoms with Crippen LogP contribution >= 0.6 is 22.7 Å². The van der Waals surface area contributed by atoms with Gasteiger partial charge in [0.15, 0.2) is 5.13 Å². The van der Waals surface area contributed by atoms with Gasteiger partial charge in [0.2, 0.25) is 0 Å². The molecule has 0 aromatic carbocycles. The third-order valence-electron chi connectivity index (χ3n) is 4.85. The van der Waals surface area contributed by atoms with Gasteiger partial charge in [0.1, 0.15) is 15.8 Å². The molecule has 8 heteroatoms. The highest BCUT2D eigenvalue weighted by Gasteiger charge is 2.33. The number of thiazole rings is 1. The molecule has 0 saturated heterocycles.